The molecule has 17 heavy (non-hydrogen) atoms. The smallest absolute Gasteiger partial charge is 0.219 e. The van der Waals surface area contributed by atoms with E-state index in [1.54, 1.807) is 25.3 Å². The number of aryl methyl sites for hydroxylation is 1. The van der Waals surface area contributed by atoms with Gasteiger partial charge in [-0.25, -0.2) is 4.98 Å². The molecule has 3 nitrogen and oxygen atoms in total. The predicted octanol–water partition coefficient (Wildman–Crippen LogP) is 3.24. The van der Waals surface area contributed by atoms with Crippen LogP contribution in [-0.4, -0.2) is 10.1 Å². The summed E-state index contributed by atoms with van der Waals surface area (Å²) in [6.07, 6.45) is 1.12. The summed E-state index contributed by atoms with van der Waals surface area (Å²) in [7, 11) is 0. The van der Waals surface area contributed by atoms with Gasteiger partial charge in [-0.15, -0.1) is 0 Å². The van der Waals surface area contributed by atoms with Crippen LogP contribution in [0, 0.1) is 6.92 Å². The maximum atomic E-state index is 9.35. The second kappa shape index (κ2) is 4.97. The first-order valence-electron chi connectivity index (χ1n) is 5.54. The van der Waals surface area contributed by atoms with Gasteiger partial charge in [-0.3, -0.25) is 0 Å². The molecule has 0 aliphatic heterocycles. The highest BCUT2D eigenvalue weighted by molar-refractivity contribution is 5.30. The van der Waals surface area contributed by atoms with Crippen LogP contribution >= 0.6 is 0 Å². The van der Waals surface area contributed by atoms with Crippen molar-refractivity contribution in [1.82, 2.24) is 4.98 Å². The van der Waals surface area contributed by atoms with Crippen LogP contribution in [0.3, 0.4) is 0 Å². The molecule has 1 atom stereocenters. The molecule has 0 spiro atoms. The lowest BCUT2D eigenvalue weighted by molar-refractivity contribution is 0.198. The molecule has 0 aliphatic carbocycles. The Morgan fingerprint density at radius 3 is 2.35 bits per heavy atom. The van der Waals surface area contributed by atoms with Gasteiger partial charge >= 0.3 is 0 Å². The molecule has 0 aliphatic rings. The number of aliphatic hydroxyl groups is 1. The van der Waals surface area contributed by atoms with Crippen LogP contribution in [0.15, 0.2) is 42.6 Å². The Kier molecular flexibility index (Phi) is 3.40. The summed E-state index contributed by atoms with van der Waals surface area (Å²) < 4.78 is 5.58. The first-order valence-corrected chi connectivity index (χ1v) is 5.54. The Bertz CT molecular complexity index is 475. The molecule has 2 aromatic rings. The normalized spacial score (nSPS) is 12.2. The minimum absolute atomic E-state index is 0.504. The molecule has 1 N–H and O–H groups in total. The highest BCUT2D eigenvalue weighted by atomic mass is 16.5. The molecule has 3 heteroatoms. The molecule has 1 unspecified atom stereocenters. The van der Waals surface area contributed by atoms with E-state index >= 15 is 0 Å². The van der Waals surface area contributed by atoms with Crippen molar-refractivity contribution in [3.05, 3.63) is 53.7 Å². The molecule has 0 saturated carbocycles. The summed E-state index contributed by atoms with van der Waals surface area (Å²) in [6, 6.07) is 11.3. The monoisotopic (exact) mass is 229 g/mol. The number of nitrogens with zero attached hydrogens (tertiary/aromatic N) is 1. The maximum Gasteiger partial charge on any atom is 0.219 e. The van der Waals surface area contributed by atoms with E-state index < -0.39 is 6.10 Å². The molecule has 1 aromatic carbocycles. The highest BCUT2D eigenvalue weighted by Crippen LogP contribution is 2.21. The largest absolute Gasteiger partial charge is 0.439 e. The lowest BCUT2D eigenvalue weighted by Gasteiger charge is -2.07. The van der Waals surface area contributed by atoms with Gasteiger partial charge in [-0.05, 0) is 37.6 Å². The van der Waals surface area contributed by atoms with E-state index in [1.807, 2.05) is 31.2 Å². The van der Waals surface area contributed by atoms with Crippen molar-refractivity contribution >= 4 is 0 Å². The van der Waals surface area contributed by atoms with Gasteiger partial charge in [0.25, 0.3) is 0 Å². The van der Waals surface area contributed by atoms with Gasteiger partial charge in [0, 0.05) is 12.3 Å². The Labute approximate surface area is 101 Å². The van der Waals surface area contributed by atoms with E-state index in [4.69, 9.17) is 4.74 Å². The number of aliphatic hydroxyl groups excluding tert-OH is 1. The second-order valence-electron chi connectivity index (χ2n) is 4.02. The average molecular weight is 229 g/mol. The molecule has 2 rings (SSSR count). The zero-order valence-corrected chi connectivity index (χ0v) is 9.92. The number of rotatable bonds is 3. The van der Waals surface area contributed by atoms with Gasteiger partial charge < -0.3 is 9.84 Å². The van der Waals surface area contributed by atoms with E-state index in [1.165, 1.54) is 5.56 Å². The molecule has 1 aromatic heterocycles. The van der Waals surface area contributed by atoms with Gasteiger partial charge in [0.2, 0.25) is 5.88 Å². The zero-order chi connectivity index (χ0) is 12.3. The molecule has 0 amide bonds. The fourth-order valence-corrected chi connectivity index (χ4v) is 1.43. The van der Waals surface area contributed by atoms with Gasteiger partial charge in [-0.2, -0.15) is 0 Å². The Hall–Kier alpha value is -1.87. The van der Waals surface area contributed by atoms with Gasteiger partial charge in [-0.1, -0.05) is 17.7 Å². The first-order chi connectivity index (χ1) is 8.15. The molecule has 88 valence electrons. The molecule has 0 fully saturated rings. The first kappa shape index (κ1) is 11.6. The van der Waals surface area contributed by atoms with Crippen molar-refractivity contribution in [3.8, 4) is 11.6 Å². The SMILES string of the molecule is Cc1ccc(Oc2ccc(C(C)O)cn2)cc1. The van der Waals surface area contributed by atoms with Crippen LogP contribution in [-0.2, 0) is 0 Å². The lowest BCUT2D eigenvalue weighted by Crippen LogP contribution is -1.93. The number of benzene rings is 1. The van der Waals surface area contributed by atoms with Gasteiger partial charge in [0.1, 0.15) is 5.75 Å². The van der Waals surface area contributed by atoms with E-state index in [9.17, 15) is 5.11 Å². The van der Waals surface area contributed by atoms with Crippen molar-refractivity contribution < 1.29 is 9.84 Å². The summed E-state index contributed by atoms with van der Waals surface area (Å²) >= 11 is 0. The molecular formula is C14H15NO2. The van der Waals surface area contributed by atoms with Crippen molar-refractivity contribution in [2.75, 3.05) is 0 Å². The molecular weight excluding hydrogens is 214 g/mol. The summed E-state index contributed by atoms with van der Waals surface area (Å²) in [5.74, 6) is 1.28. The maximum absolute atomic E-state index is 9.35. The molecule has 0 bridgehead atoms. The zero-order valence-electron chi connectivity index (χ0n) is 9.92. The number of hydrogen-bond acceptors (Lipinski definition) is 3. The van der Waals surface area contributed by atoms with E-state index in [0.29, 0.717) is 5.88 Å². The number of aromatic nitrogens is 1. The quantitative estimate of drug-likeness (QED) is 0.878. The van der Waals surface area contributed by atoms with Crippen LogP contribution in [0.2, 0.25) is 0 Å². The lowest BCUT2D eigenvalue weighted by atomic mass is 10.2. The van der Waals surface area contributed by atoms with Crippen LogP contribution in [0.5, 0.6) is 11.6 Å². The second-order valence-corrected chi connectivity index (χ2v) is 4.02. The fraction of sp³-hybridized carbons (Fsp3) is 0.214. The van der Waals surface area contributed by atoms with Crippen LogP contribution in [0.1, 0.15) is 24.2 Å². The molecule has 0 radical (unpaired) electrons. The standard InChI is InChI=1S/C14H15NO2/c1-10-3-6-13(7-4-10)17-14-8-5-12(9-15-14)11(2)16/h3-9,11,16H,1-2H3. The summed E-state index contributed by atoms with van der Waals surface area (Å²) in [4.78, 5) is 4.14. The van der Waals surface area contributed by atoms with E-state index in [2.05, 4.69) is 4.98 Å². The van der Waals surface area contributed by atoms with Crippen LogP contribution in [0.25, 0.3) is 0 Å². The third-order valence-corrected chi connectivity index (χ3v) is 2.49. The minimum atomic E-state index is -0.504. The van der Waals surface area contributed by atoms with E-state index in [0.717, 1.165) is 11.3 Å². The van der Waals surface area contributed by atoms with Crippen molar-refractivity contribution in [2.45, 2.75) is 20.0 Å². The van der Waals surface area contributed by atoms with Crippen LogP contribution in [0.4, 0.5) is 0 Å². The Balaban J connectivity index is 2.11. The minimum Gasteiger partial charge on any atom is -0.439 e. The average Bonchev–Trinajstić information content (AvgIpc) is 2.33. The third kappa shape index (κ3) is 3.04. The van der Waals surface area contributed by atoms with Crippen LogP contribution < -0.4 is 4.74 Å². The van der Waals surface area contributed by atoms with Crippen molar-refractivity contribution in [2.24, 2.45) is 0 Å². The predicted molar refractivity (Wildman–Crippen MR) is 66.1 cm³/mol. The molecule has 0 saturated heterocycles. The number of ether oxygens (including phenoxy) is 1. The van der Waals surface area contributed by atoms with Gasteiger partial charge in [0.05, 0.1) is 6.10 Å². The van der Waals surface area contributed by atoms with E-state index in [-0.39, 0.29) is 0 Å². The van der Waals surface area contributed by atoms with Gasteiger partial charge in [0.15, 0.2) is 0 Å². The third-order valence-electron chi connectivity index (χ3n) is 2.49. The summed E-state index contributed by atoms with van der Waals surface area (Å²) in [5.41, 5.74) is 1.97. The number of hydrogen-bond donors (Lipinski definition) is 1. The fourth-order valence-electron chi connectivity index (χ4n) is 1.43. The summed E-state index contributed by atoms with van der Waals surface area (Å²) in [5, 5.41) is 9.35. The Morgan fingerprint density at radius 1 is 1.12 bits per heavy atom. The highest BCUT2D eigenvalue weighted by Gasteiger charge is 2.02. The Morgan fingerprint density at radius 2 is 1.82 bits per heavy atom. The summed E-state index contributed by atoms with van der Waals surface area (Å²) in [6.45, 7) is 3.73. The van der Waals surface area contributed by atoms with Crippen molar-refractivity contribution in [1.29, 1.82) is 0 Å². The number of pyridine rings is 1. The topological polar surface area (TPSA) is 42.4 Å². The van der Waals surface area contributed by atoms with Crippen molar-refractivity contribution in [3.63, 3.8) is 0 Å². The molecule has 1 heterocycles.